The van der Waals surface area contributed by atoms with E-state index in [4.69, 9.17) is 4.99 Å². The van der Waals surface area contributed by atoms with E-state index < -0.39 is 0 Å². The Kier molecular flexibility index (Phi) is 7.70. The number of nitrogens with zero attached hydrogens (tertiary/aromatic N) is 2. The van der Waals surface area contributed by atoms with Gasteiger partial charge in [0.05, 0.1) is 25.2 Å². The lowest BCUT2D eigenvalue weighted by Gasteiger charge is -2.36. The number of rotatable bonds is 6. The van der Waals surface area contributed by atoms with E-state index in [0.717, 1.165) is 42.3 Å². The molecule has 0 heterocycles. The highest BCUT2D eigenvalue weighted by molar-refractivity contribution is 5.95. The van der Waals surface area contributed by atoms with Crippen molar-refractivity contribution in [3.63, 3.8) is 0 Å². The predicted molar refractivity (Wildman–Crippen MR) is 116 cm³/mol. The molecule has 1 aromatic carbocycles. The van der Waals surface area contributed by atoms with Crippen LogP contribution in [0.2, 0.25) is 0 Å². The average molecular weight is 362 g/mol. The number of aliphatic imine (C=N–C) groups is 1. The predicted octanol–water partition coefficient (Wildman–Crippen LogP) is 5.02. The van der Waals surface area contributed by atoms with Gasteiger partial charge in [0.15, 0.2) is 5.96 Å². The van der Waals surface area contributed by atoms with E-state index in [0.29, 0.717) is 0 Å². The smallest absolute Gasteiger partial charge is 0.196 e. The fourth-order valence-electron chi connectivity index (χ4n) is 3.05. The zero-order valence-corrected chi connectivity index (χ0v) is 18.5. The second kappa shape index (κ2) is 8.90. The quantitative estimate of drug-likeness (QED) is 0.424. The molecule has 0 saturated heterocycles. The number of guanidine groups is 1. The van der Waals surface area contributed by atoms with E-state index in [1.165, 1.54) is 5.56 Å². The first-order valence-electron chi connectivity index (χ1n) is 10.0. The molecule has 4 heteroatoms. The van der Waals surface area contributed by atoms with Crippen molar-refractivity contribution in [2.45, 2.75) is 79.9 Å². The zero-order chi connectivity index (χ0) is 20.0. The van der Waals surface area contributed by atoms with Crippen LogP contribution in [0.4, 0.5) is 5.69 Å². The Morgan fingerprint density at radius 2 is 1.46 bits per heavy atom. The molecular weight excluding hydrogens is 320 g/mol. The fourth-order valence-corrected chi connectivity index (χ4v) is 3.05. The molecule has 1 rings (SSSR count). The molecule has 0 radical (unpaired) electrons. The molecule has 0 atom stereocenters. The second-order valence-electron chi connectivity index (χ2n) is 9.24. The van der Waals surface area contributed by atoms with Gasteiger partial charge in [0.2, 0.25) is 0 Å². The lowest BCUT2D eigenvalue weighted by Crippen LogP contribution is -2.47. The van der Waals surface area contributed by atoms with Crippen LogP contribution in [0.1, 0.15) is 67.9 Å². The van der Waals surface area contributed by atoms with Crippen LogP contribution in [0.5, 0.6) is 0 Å². The summed E-state index contributed by atoms with van der Waals surface area (Å²) in [6, 6.07) is 8.62. The Labute approximate surface area is 161 Å². The SMILES string of the molecule is CC[N+](CC)(CC)Cc1ccccc1NC(=NC(C)(C)C)NC(C)(C)C. The van der Waals surface area contributed by atoms with Gasteiger partial charge in [-0.15, -0.1) is 0 Å². The summed E-state index contributed by atoms with van der Waals surface area (Å²) in [5, 5.41) is 7.11. The van der Waals surface area contributed by atoms with Gasteiger partial charge < -0.3 is 15.1 Å². The summed E-state index contributed by atoms with van der Waals surface area (Å²) in [5.74, 6) is 0.833. The van der Waals surface area contributed by atoms with Crippen molar-refractivity contribution >= 4 is 11.6 Å². The van der Waals surface area contributed by atoms with E-state index in [-0.39, 0.29) is 11.1 Å². The Bertz CT molecular complexity index is 579. The maximum Gasteiger partial charge on any atom is 0.196 e. The Morgan fingerprint density at radius 1 is 0.923 bits per heavy atom. The van der Waals surface area contributed by atoms with Gasteiger partial charge in [0.25, 0.3) is 0 Å². The minimum Gasteiger partial charge on any atom is -0.352 e. The van der Waals surface area contributed by atoms with Crippen molar-refractivity contribution in [2.75, 3.05) is 25.0 Å². The lowest BCUT2D eigenvalue weighted by atomic mass is 10.1. The Balaban J connectivity index is 3.20. The van der Waals surface area contributed by atoms with E-state index in [2.05, 4.69) is 97.2 Å². The minimum absolute atomic E-state index is 0.0535. The normalized spacial score (nSPS) is 13.7. The zero-order valence-electron chi connectivity index (χ0n) is 18.5. The molecule has 0 aliphatic carbocycles. The molecule has 26 heavy (non-hydrogen) atoms. The van der Waals surface area contributed by atoms with E-state index in [9.17, 15) is 0 Å². The maximum atomic E-state index is 4.88. The summed E-state index contributed by atoms with van der Waals surface area (Å²) < 4.78 is 1.09. The van der Waals surface area contributed by atoms with Crippen LogP contribution >= 0.6 is 0 Å². The number of hydrogen-bond donors (Lipinski definition) is 2. The molecule has 148 valence electrons. The molecule has 4 nitrogen and oxygen atoms in total. The summed E-state index contributed by atoms with van der Waals surface area (Å²) in [6.45, 7) is 24.2. The molecule has 0 aliphatic rings. The third-order valence-electron chi connectivity index (χ3n) is 4.73. The Morgan fingerprint density at radius 3 is 1.92 bits per heavy atom. The first-order valence-corrected chi connectivity index (χ1v) is 10.0. The molecule has 1 aromatic rings. The van der Waals surface area contributed by atoms with E-state index in [1.54, 1.807) is 0 Å². The van der Waals surface area contributed by atoms with Crippen molar-refractivity contribution in [2.24, 2.45) is 4.99 Å². The van der Waals surface area contributed by atoms with Crippen LogP contribution in [-0.2, 0) is 6.54 Å². The number of quaternary nitrogens is 1. The molecule has 0 fully saturated rings. The number of para-hydroxylation sites is 1. The van der Waals surface area contributed by atoms with Crippen LogP contribution in [0.25, 0.3) is 0 Å². The second-order valence-corrected chi connectivity index (χ2v) is 9.24. The van der Waals surface area contributed by atoms with E-state index >= 15 is 0 Å². The van der Waals surface area contributed by atoms with Gasteiger partial charge in [0, 0.05) is 16.8 Å². The highest BCUT2D eigenvalue weighted by Gasteiger charge is 2.23. The van der Waals surface area contributed by atoms with Crippen molar-refractivity contribution in [1.82, 2.24) is 5.32 Å². The van der Waals surface area contributed by atoms with Crippen LogP contribution in [0, 0.1) is 0 Å². The van der Waals surface area contributed by atoms with Gasteiger partial charge >= 0.3 is 0 Å². The molecular formula is C22H41N4+. The number of nitrogens with one attached hydrogen (secondary N) is 2. The first kappa shape index (κ1) is 22.5. The van der Waals surface area contributed by atoms with Gasteiger partial charge in [-0.25, -0.2) is 4.99 Å². The highest BCUT2D eigenvalue weighted by Crippen LogP contribution is 2.22. The number of anilines is 1. The number of benzene rings is 1. The summed E-state index contributed by atoms with van der Waals surface area (Å²) in [6.07, 6.45) is 0. The third kappa shape index (κ3) is 7.36. The summed E-state index contributed by atoms with van der Waals surface area (Å²) in [5.41, 5.74) is 2.29. The monoisotopic (exact) mass is 361 g/mol. The molecule has 0 bridgehead atoms. The molecule has 0 spiro atoms. The molecule has 2 N–H and O–H groups in total. The largest absolute Gasteiger partial charge is 0.352 e. The summed E-state index contributed by atoms with van der Waals surface area (Å²) in [7, 11) is 0. The van der Waals surface area contributed by atoms with Crippen LogP contribution < -0.4 is 10.6 Å². The molecule has 0 saturated carbocycles. The van der Waals surface area contributed by atoms with Crippen LogP contribution in [0.15, 0.2) is 29.3 Å². The summed E-state index contributed by atoms with van der Waals surface area (Å²) >= 11 is 0. The van der Waals surface area contributed by atoms with Gasteiger partial charge in [-0.2, -0.15) is 0 Å². The van der Waals surface area contributed by atoms with Gasteiger partial charge in [-0.1, -0.05) is 18.2 Å². The van der Waals surface area contributed by atoms with Crippen molar-refractivity contribution in [3.8, 4) is 0 Å². The van der Waals surface area contributed by atoms with Gasteiger partial charge in [0.1, 0.15) is 6.54 Å². The molecule has 0 aromatic heterocycles. The third-order valence-corrected chi connectivity index (χ3v) is 4.73. The van der Waals surface area contributed by atoms with Crippen molar-refractivity contribution in [1.29, 1.82) is 0 Å². The van der Waals surface area contributed by atoms with Gasteiger partial charge in [-0.05, 0) is 68.4 Å². The summed E-state index contributed by atoms with van der Waals surface area (Å²) in [4.78, 5) is 4.88. The van der Waals surface area contributed by atoms with Crippen molar-refractivity contribution < 1.29 is 4.48 Å². The molecule has 0 unspecified atom stereocenters. The first-order chi connectivity index (χ1) is 11.9. The highest BCUT2D eigenvalue weighted by atomic mass is 15.3. The standard InChI is InChI=1S/C22H41N4/c1-10-26(11-2,12-3)17-18-15-13-14-16-19(18)23-20(24-21(4,5)6)25-22(7,8)9/h13-16H,10-12,17H2,1-9H3,(H2,23,24,25)/q+1. The fraction of sp³-hybridized carbons (Fsp3) is 0.682. The maximum absolute atomic E-state index is 4.88. The van der Waals surface area contributed by atoms with Crippen molar-refractivity contribution in [3.05, 3.63) is 29.8 Å². The topological polar surface area (TPSA) is 36.4 Å². The van der Waals surface area contributed by atoms with Crippen LogP contribution in [-0.4, -0.2) is 41.2 Å². The minimum atomic E-state index is -0.147. The van der Waals surface area contributed by atoms with E-state index in [1.807, 2.05) is 0 Å². The lowest BCUT2D eigenvalue weighted by molar-refractivity contribution is -0.936. The Hall–Kier alpha value is -1.55. The number of hydrogen-bond acceptors (Lipinski definition) is 1. The molecule has 0 amide bonds. The average Bonchev–Trinajstić information content (AvgIpc) is 2.51. The van der Waals surface area contributed by atoms with Gasteiger partial charge in [-0.3, -0.25) is 0 Å². The van der Waals surface area contributed by atoms with Crippen LogP contribution in [0.3, 0.4) is 0 Å². The molecule has 0 aliphatic heterocycles.